The van der Waals surface area contributed by atoms with Crippen molar-refractivity contribution in [1.82, 2.24) is 0 Å². The highest BCUT2D eigenvalue weighted by Crippen LogP contribution is 2.69. The van der Waals surface area contributed by atoms with Crippen LogP contribution in [-0.4, -0.2) is 35.8 Å². The highest BCUT2D eigenvalue weighted by atomic mass is 31.2. The van der Waals surface area contributed by atoms with E-state index in [4.69, 9.17) is 25.3 Å². The normalized spacial score (nSPS) is 26.4. The minimum absolute atomic E-state index is 0.0773. The quantitative estimate of drug-likeness (QED) is 0.394. The average molecular weight is 317 g/mol. The van der Waals surface area contributed by atoms with Crippen molar-refractivity contribution < 1.29 is 33.8 Å². The van der Waals surface area contributed by atoms with E-state index in [0.29, 0.717) is 0 Å². The van der Waals surface area contributed by atoms with E-state index in [1.54, 1.807) is 0 Å². The van der Waals surface area contributed by atoms with Crippen molar-refractivity contribution in [3.63, 3.8) is 0 Å². The Kier molecular flexibility index (Phi) is 5.38. The summed E-state index contributed by atoms with van der Waals surface area (Å²) in [4.78, 5) is 36.0. The maximum Gasteiger partial charge on any atom is 0.369 e. The zero-order valence-corrected chi connectivity index (χ0v) is 12.2. The van der Waals surface area contributed by atoms with Crippen molar-refractivity contribution in [2.45, 2.75) is 49.6 Å². The molecule has 0 aromatic carbocycles. The van der Waals surface area contributed by atoms with Gasteiger partial charge >= 0.3 is 15.2 Å². The van der Waals surface area contributed by atoms with Gasteiger partial charge in [0.15, 0.2) is 0 Å². The summed E-state index contributed by atoms with van der Waals surface area (Å²) in [5, 5.41) is 6.43. The second-order valence-corrected chi connectivity index (χ2v) is 9.12. The molecule has 0 radical (unpaired) electrons. The minimum Gasteiger partial charge on any atom is -0.368 e. The Morgan fingerprint density at radius 2 is 1.53 bits per heavy atom. The summed E-state index contributed by atoms with van der Waals surface area (Å²) in [6.45, 7) is 0. The van der Waals surface area contributed by atoms with Crippen LogP contribution < -0.4 is 5.73 Å². The van der Waals surface area contributed by atoms with Gasteiger partial charge in [0.1, 0.15) is 0 Å². The molecule has 0 heterocycles. The van der Waals surface area contributed by atoms with Gasteiger partial charge in [0, 0.05) is 12.5 Å². The van der Waals surface area contributed by atoms with E-state index in [-0.39, 0.29) is 18.4 Å². The van der Waals surface area contributed by atoms with Crippen LogP contribution >= 0.6 is 15.2 Å². The molecule has 0 saturated heterocycles. The molecular weight excluding hydrogens is 296 g/mol. The predicted molar refractivity (Wildman–Crippen MR) is 68.2 cm³/mol. The number of aliphatic hydroxyl groups is 1. The molecule has 1 rings (SSSR count). The summed E-state index contributed by atoms with van der Waals surface area (Å²) in [6.07, 6.45) is 2.81. The Morgan fingerprint density at radius 1 is 1.05 bits per heavy atom. The molecule has 1 aliphatic rings. The van der Waals surface area contributed by atoms with Crippen molar-refractivity contribution in [2.75, 3.05) is 0 Å². The molecule has 2 atom stereocenters. The van der Waals surface area contributed by atoms with E-state index in [1.807, 2.05) is 0 Å². The Labute approximate surface area is 111 Å². The fourth-order valence-corrected chi connectivity index (χ4v) is 4.63. The first-order valence-corrected chi connectivity index (χ1v) is 9.31. The first kappa shape index (κ1) is 17.3. The smallest absolute Gasteiger partial charge is 0.368 e. The molecule has 0 bridgehead atoms. The van der Waals surface area contributed by atoms with Gasteiger partial charge in [-0.1, -0.05) is 12.8 Å². The average Bonchev–Trinajstić information content (AvgIpc) is 2.24. The van der Waals surface area contributed by atoms with Crippen LogP contribution in [-0.2, 0) is 9.13 Å². The van der Waals surface area contributed by atoms with Gasteiger partial charge in [-0.25, -0.2) is 0 Å². The Bertz CT molecular complexity index is 381. The summed E-state index contributed by atoms with van der Waals surface area (Å²) < 4.78 is 22.4. The molecule has 10 heteroatoms. The van der Waals surface area contributed by atoms with Gasteiger partial charge in [0.2, 0.25) is 0 Å². The fraction of sp³-hybridized carbons (Fsp3) is 1.00. The summed E-state index contributed by atoms with van der Waals surface area (Å²) in [6, 6.07) is -0.161. The third-order valence-corrected chi connectivity index (χ3v) is 7.63. The van der Waals surface area contributed by atoms with E-state index in [2.05, 4.69) is 0 Å². The molecular formula is C9H21NO7P2. The van der Waals surface area contributed by atoms with Gasteiger partial charge in [-0.2, -0.15) is 0 Å². The molecule has 0 aromatic heterocycles. The molecule has 1 fully saturated rings. The van der Waals surface area contributed by atoms with Crippen LogP contribution in [0.15, 0.2) is 0 Å². The summed E-state index contributed by atoms with van der Waals surface area (Å²) in [5.41, 5.74) is 5.86. The summed E-state index contributed by atoms with van der Waals surface area (Å²) in [5.74, 6) is -0.0848. The van der Waals surface area contributed by atoms with E-state index in [1.165, 1.54) is 0 Å². The minimum atomic E-state index is -5.35. The lowest BCUT2D eigenvalue weighted by atomic mass is 9.82. The standard InChI is InChI=1S/C9H21NO7P2/c10-8-4-2-1-3-7(8)5-6-9(11,18(12,13)14)19(15,16)17/h7-8,11H,1-6,10H2,(H2,12,13,14)(H2,15,16,17)/t7-,8-/m0/s1. The van der Waals surface area contributed by atoms with Crippen molar-refractivity contribution >= 4 is 15.2 Å². The number of nitrogens with two attached hydrogens (primary N) is 1. The third-order valence-electron chi connectivity index (χ3n) is 3.75. The zero-order chi connectivity index (χ0) is 14.9. The van der Waals surface area contributed by atoms with Crippen LogP contribution in [0.4, 0.5) is 0 Å². The van der Waals surface area contributed by atoms with E-state index in [0.717, 1.165) is 25.7 Å². The topological polar surface area (TPSA) is 161 Å². The van der Waals surface area contributed by atoms with E-state index in [9.17, 15) is 14.2 Å². The predicted octanol–water partition coefficient (Wildman–Crippen LogP) is 0.286. The molecule has 7 N–H and O–H groups in total. The van der Waals surface area contributed by atoms with Crippen LogP contribution in [0.3, 0.4) is 0 Å². The number of hydrogen-bond acceptors (Lipinski definition) is 4. The fourth-order valence-electron chi connectivity index (χ4n) is 2.43. The molecule has 19 heavy (non-hydrogen) atoms. The third kappa shape index (κ3) is 3.86. The zero-order valence-electron chi connectivity index (χ0n) is 10.4. The molecule has 0 spiro atoms. The first-order chi connectivity index (χ1) is 8.49. The van der Waals surface area contributed by atoms with Crippen LogP contribution in [0.1, 0.15) is 38.5 Å². The summed E-state index contributed by atoms with van der Waals surface area (Å²) in [7, 11) is -10.7. The van der Waals surface area contributed by atoms with Crippen molar-refractivity contribution in [2.24, 2.45) is 11.7 Å². The van der Waals surface area contributed by atoms with Crippen molar-refractivity contribution in [3.05, 3.63) is 0 Å². The highest BCUT2D eigenvalue weighted by Gasteiger charge is 2.59. The van der Waals surface area contributed by atoms with Gasteiger partial charge in [-0.15, -0.1) is 0 Å². The maximum absolute atomic E-state index is 11.2. The second-order valence-electron chi connectivity index (χ2n) is 5.11. The molecule has 1 aliphatic carbocycles. The van der Waals surface area contributed by atoms with Crippen LogP contribution in [0.5, 0.6) is 0 Å². The van der Waals surface area contributed by atoms with Gasteiger partial charge in [0.05, 0.1) is 0 Å². The number of hydrogen-bond donors (Lipinski definition) is 6. The molecule has 0 aromatic rings. The lowest BCUT2D eigenvalue weighted by Gasteiger charge is -2.33. The molecule has 1 saturated carbocycles. The Morgan fingerprint density at radius 3 is 1.95 bits per heavy atom. The number of rotatable bonds is 5. The lowest BCUT2D eigenvalue weighted by Crippen LogP contribution is -2.36. The summed E-state index contributed by atoms with van der Waals surface area (Å²) >= 11 is 0. The second kappa shape index (κ2) is 5.92. The maximum atomic E-state index is 11.2. The Hall–Kier alpha value is 0.220. The highest BCUT2D eigenvalue weighted by molar-refractivity contribution is 7.72. The van der Waals surface area contributed by atoms with Gasteiger partial charge < -0.3 is 30.4 Å². The molecule has 114 valence electrons. The first-order valence-electron chi connectivity index (χ1n) is 6.08. The SMILES string of the molecule is N[C@H]1CCCC[C@H]1CCC(O)(P(=O)(O)O)P(=O)(O)O. The lowest BCUT2D eigenvalue weighted by molar-refractivity contribution is 0.111. The molecule has 0 aliphatic heterocycles. The van der Waals surface area contributed by atoms with Crippen molar-refractivity contribution in [1.29, 1.82) is 0 Å². The monoisotopic (exact) mass is 317 g/mol. The van der Waals surface area contributed by atoms with Gasteiger partial charge in [-0.05, 0) is 25.2 Å². The largest absolute Gasteiger partial charge is 0.369 e. The molecule has 8 nitrogen and oxygen atoms in total. The van der Waals surface area contributed by atoms with E-state index >= 15 is 0 Å². The van der Waals surface area contributed by atoms with Gasteiger partial charge in [0.25, 0.3) is 5.08 Å². The van der Waals surface area contributed by atoms with Crippen LogP contribution in [0.2, 0.25) is 0 Å². The van der Waals surface area contributed by atoms with Crippen LogP contribution in [0, 0.1) is 5.92 Å². The van der Waals surface area contributed by atoms with Crippen LogP contribution in [0.25, 0.3) is 0 Å². The molecule has 0 amide bonds. The van der Waals surface area contributed by atoms with Crippen molar-refractivity contribution in [3.8, 4) is 0 Å². The van der Waals surface area contributed by atoms with Gasteiger partial charge in [-0.3, -0.25) is 9.13 Å². The van der Waals surface area contributed by atoms with E-state index < -0.39 is 26.7 Å². The molecule has 0 unspecified atom stereocenters. The Balaban J connectivity index is 2.81.